The molecule has 2 aromatic rings. The van der Waals surface area contributed by atoms with Gasteiger partial charge in [0.05, 0.1) is 12.7 Å². The fraction of sp³-hybridized carbons (Fsp3) is 0.250. The average Bonchev–Trinajstić information content (AvgIpc) is 2.73. The Hall–Kier alpha value is -1.75. The third-order valence-electron chi connectivity index (χ3n) is 2.56. The molecule has 5 heteroatoms. The van der Waals surface area contributed by atoms with Crippen molar-refractivity contribution in [3.05, 3.63) is 53.3 Å². The lowest BCUT2D eigenvalue weighted by atomic mass is 10.2. The van der Waals surface area contributed by atoms with E-state index >= 15 is 0 Å². The Morgan fingerprint density at radius 1 is 1.24 bits per heavy atom. The Morgan fingerprint density at radius 3 is 2.53 bits per heavy atom. The predicted molar refractivity (Wildman–Crippen MR) is 60.6 cm³/mol. The van der Waals surface area contributed by atoms with Crippen molar-refractivity contribution >= 4 is 0 Å². The van der Waals surface area contributed by atoms with E-state index in [0.717, 1.165) is 5.56 Å². The number of benzene rings is 1. The van der Waals surface area contributed by atoms with Gasteiger partial charge in [-0.1, -0.05) is 30.3 Å². The Kier molecular flexibility index (Phi) is 3.49. The van der Waals surface area contributed by atoms with Gasteiger partial charge < -0.3 is 5.73 Å². The molecule has 1 heterocycles. The summed E-state index contributed by atoms with van der Waals surface area (Å²) >= 11 is 0. The van der Waals surface area contributed by atoms with Crippen LogP contribution in [0.25, 0.3) is 0 Å². The summed E-state index contributed by atoms with van der Waals surface area (Å²) in [5.74, 6) is 0. The minimum absolute atomic E-state index is 0.0778. The van der Waals surface area contributed by atoms with Crippen molar-refractivity contribution < 1.29 is 8.78 Å². The molecular weight excluding hydrogens is 224 g/mol. The Morgan fingerprint density at radius 2 is 1.94 bits per heavy atom. The van der Waals surface area contributed by atoms with Crippen molar-refractivity contribution in [2.24, 2.45) is 5.73 Å². The molecule has 90 valence electrons. The standard InChI is InChI=1S/C12H13F2N3/c13-12(14)11-10(6-15)7-16-17(11)8-9-4-2-1-3-5-9/h1-5,7,12H,6,8,15H2. The van der Waals surface area contributed by atoms with Crippen molar-refractivity contribution in [1.82, 2.24) is 9.78 Å². The van der Waals surface area contributed by atoms with Gasteiger partial charge in [0.25, 0.3) is 6.43 Å². The number of hydrogen-bond acceptors (Lipinski definition) is 2. The Labute approximate surface area is 97.9 Å². The molecule has 0 aliphatic heterocycles. The minimum atomic E-state index is -2.56. The van der Waals surface area contributed by atoms with Crippen LogP contribution >= 0.6 is 0 Å². The van der Waals surface area contributed by atoms with Gasteiger partial charge in [0.1, 0.15) is 5.69 Å². The summed E-state index contributed by atoms with van der Waals surface area (Å²) in [6.45, 7) is 0.412. The first kappa shape index (κ1) is 11.7. The number of hydrogen-bond donors (Lipinski definition) is 1. The molecule has 0 bridgehead atoms. The molecule has 0 saturated carbocycles. The van der Waals surface area contributed by atoms with Crippen LogP contribution in [0.1, 0.15) is 23.2 Å². The second-order valence-corrected chi connectivity index (χ2v) is 3.70. The van der Waals surface area contributed by atoms with Gasteiger partial charge in [-0.2, -0.15) is 5.10 Å². The van der Waals surface area contributed by atoms with Crippen molar-refractivity contribution in [2.45, 2.75) is 19.5 Å². The molecule has 0 amide bonds. The second-order valence-electron chi connectivity index (χ2n) is 3.70. The molecule has 3 nitrogen and oxygen atoms in total. The summed E-state index contributed by atoms with van der Waals surface area (Å²) in [5, 5.41) is 3.96. The monoisotopic (exact) mass is 237 g/mol. The van der Waals surface area contributed by atoms with Gasteiger partial charge in [-0.15, -0.1) is 0 Å². The maximum absolute atomic E-state index is 12.9. The number of nitrogens with two attached hydrogens (primary N) is 1. The summed E-state index contributed by atoms with van der Waals surface area (Å²) in [4.78, 5) is 0. The lowest BCUT2D eigenvalue weighted by Gasteiger charge is -2.08. The molecule has 1 aromatic carbocycles. The zero-order chi connectivity index (χ0) is 12.3. The smallest absolute Gasteiger partial charge is 0.280 e. The van der Waals surface area contributed by atoms with Crippen LogP contribution in [0.15, 0.2) is 36.5 Å². The van der Waals surface area contributed by atoms with E-state index in [1.165, 1.54) is 10.9 Å². The molecule has 0 unspecified atom stereocenters. The minimum Gasteiger partial charge on any atom is -0.326 e. The summed E-state index contributed by atoms with van der Waals surface area (Å²) in [5.41, 5.74) is 6.65. The van der Waals surface area contributed by atoms with Gasteiger partial charge in [0.15, 0.2) is 0 Å². The predicted octanol–water partition coefficient (Wildman–Crippen LogP) is 2.33. The van der Waals surface area contributed by atoms with Crippen molar-refractivity contribution in [3.63, 3.8) is 0 Å². The van der Waals surface area contributed by atoms with E-state index in [1.807, 2.05) is 30.3 Å². The number of rotatable bonds is 4. The fourth-order valence-electron chi connectivity index (χ4n) is 1.73. The van der Waals surface area contributed by atoms with E-state index in [-0.39, 0.29) is 12.2 Å². The van der Waals surface area contributed by atoms with Crippen LogP contribution in [0.4, 0.5) is 8.78 Å². The molecule has 0 atom stereocenters. The van der Waals surface area contributed by atoms with Crippen LogP contribution < -0.4 is 5.73 Å². The summed E-state index contributed by atoms with van der Waals surface area (Å²) in [7, 11) is 0. The summed E-state index contributed by atoms with van der Waals surface area (Å²) < 4.78 is 27.1. The largest absolute Gasteiger partial charge is 0.326 e. The van der Waals surface area contributed by atoms with Gasteiger partial charge in [-0.25, -0.2) is 8.78 Å². The van der Waals surface area contributed by atoms with Crippen LogP contribution in [0.3, 0.4) is 0 Å². The van der Waals surface area contributed by atoms with Gasteiger partial charge in [0, 0.05) is 12.1 Å². The first-order valence-electron chi connectivity index (χ1n) is 5.29. The number of nitrogens with zero attached hydrogens (tertiary/aromatic N) is 2. The number of alkyl halides is 2. The van der Waals surface area contributed by atoms with E-state index in [1.54, 1.807) is 0 Å². The molecule has 0 aliphatic carbocycles. The highest BCUT2D eigenvalue weighted by molar-refractivity contribution is 5.21. The lowest BCUT2D eigenvalue weighted by molar-refractivity contribution is 0.138. The van der Waals surface area contributed by atoms with Gasteiger partial charge in [-0.3, -0.25) is 4.68 Å². The maximum atomic E-state index is 12.9. The molecule has 0 saturated heterocycles. The first-order valence-corrected chi connectivity index (χ1v) is 5.29. The van der Waals surface area contributed by atoms with E-state index in [0.29, 0.717) is 12.1 Å². The molecule has 2 N–H and O–H groups in total. The highest BCUT2D eigenvalue weighted by atomic mass is 19.3. The van der Waals surface area contributed by atoms with Crippen molar-refractivity contribution in [3.8, 4) is 0 Å². The lowest BCUT2D eigenvalue weighted by Crippen LogP contribution is -2.09. The molecule has 2 rings (SSSR count). The third-order valence-corrected chi connectivity index (χ3v) is 2.56. The normalized spacial score (nSPS) is 11.1. The van der Waals surface area contributed by atoms with Gasteiger partial charge in [0.2, 0.25) is 0 Å². The van der Waals surface area contributed by atoms with Gasteiger partial charge in [-0.05, 0) is 5.56 Å². The molecule has 1 aromatic heterocycles. The first-order chi connectivity index (χ1) is 8.22. The SMILES string of the molecule is NCc1cnn(Cc2ccccc2)c1C(F)F. The van der Waals surface area contributed by atoms with Crippen LogP contribution in [-0.2, 0) is 13.1 Å². The van der Waals surface area contributed by atoms with Crippen molar-refractivity contribution in [1.29, 1.82) is 0 Å². The zero-order valence-electron chi connectivity index (χ0n) is 9.18. The molecule has 0 aliphatic rings. The third kappa shape index (κ3) is 2.50. The van der Waals surface area contributed by atoms with Crippen LogP contribution in [0, 0.1) is 0 Å². The van der Waals surface area contributed by atoms with Crippen LogP contribution in [0.2, 0.25) is 0 Å². The molecular formula is C12H13F2N3. The number of aromatic nitrogens is 2. The summed E-state index contributed by atoms with van der Waals surface area (Å²) in [6, 6.07) is 9.36. The maximum Gasteiger partial charge on any atom is 0.280 e. The van der Waals surface area contributed by atoms with Crippen LogP contribution in [-0.4, -0.2) is 9.78 Å². The fourth-order valence-corrected chi connectivity index (χ4v) is 1.73. The van der Waals surface area contributed by atoms with Crippen LogP contribution in [0.5, 0.6) is 0 Å². The molecule has 17 heavy (non-hydrogen) atoms. The Balaban J connectivity index is 2.30. The van der Waals surface area contributed by atoms with Crippen molar-refractivity contribution in [2.75, 3.05) is 0 Å². The quantitative estimate of drug-likeness (QED) is 0.886. The second kappa shape index (κ2) is 5.05. The summed E-state index contributed by atoms with van der Waals surface area (Å²) in [6.07, 6.45) is -1.15. The molecule has 0 radical (unpaired) electrons. The average molecular weight is 237 g/mol. The zero-order valence-corrected chi connectivity index (χ0v) is 9.18. The number of halogens is 2. The van der Waals surface area contributed by atoms with E-state index in [2.05, 4.69) is 5.10 Å². The topological polar surface area (TPSA) is 43.8 Å². The molecule has 0 fully saturated rings. The highest BCUT2D eigenvalue weighted by Gasteiger charge is 2.18. The van der Waals surface area contributed by atoms with E-state index in [4.69, 9.17) is 5.73 Å². The van der Waals surface area contributed by atoms with E-state index < -0.39 is 6.43 Å². The van der Waals surface area contributed by atoms with Gasteiger partial charge >= 0.3 is 0 Å². The Bertz CT molecular complexity index is 480. The highest BCUT2D eigenvalue weighted by Crippen LogP contribution is 2.23. The van der Waals surface area contributed by atoms with E-state index in [9.17, 15) is 8.78 Å². The molecule has 0 spiro atoms.